The highest BCUT2D eigenvalue weighted by molar-refractivity contribution is 5.82. The lowest BCUT2D eigenvalue weighted by atomic mass is 9.94. The summed E-state index contributed by atoms with van der Waals surface area (Å²) in [4.78, 5) is 4.44. The molecule has 20 heavy (non-hydrogen) atoms. The summed E-state index contributed by atoms with van der Waals surface area (Å²) in [5.74, 6) is 0. The van der Waals surface area contributed by atoms with Crippen LogP contribution in [0.4, 0.5) is 0 Å². The number of nitrogens with zero attached hydrogens (tertiary/aromatic N) is 1. The zero-order valence-electron chi connectivity index (χ0n) is 12.6. The molecule has 2 unspecified atom stereocenters. The van der Waals surface area contributed by atoms with Crippen molar-refractivity contribution in [1.29, 1.82) is 0 Å². The van der Waals surface area contributed by atoms with Crippen LogP contribution in [0.3, 0.4) is 0 Å². The normalized spacial score (nSPS) is 14.3. The van der Waals surface area contributed by atoms with Gasteiger partial charge in [0.1, 0.15) is 0 Å². The van der Waals surface area contributed by atoms with Crippen LogP contribution in [0.25, 0.3) is 10.9 Å². The first-order chi connectivity index (χ1) is 9.81. The van der Waals surface area contributed by atoms with Crippen molar-refractivity contribution in [2.45, 2.75) is 38.8 Å². The summed E-state index contributed by atoms with van der Waals surface area (Å²) in [6.07, 6.45) is 4.20. The van der Waals surface area contributed by atoms with Gasteiger partial charge in [0.05, 0.1) is 17.7 Å². The average molecular weight is 272 g/mol. The molecule has 0 spiro atoms. The number of fused-ring (bicyclic) bond motifs is 1. The number of hydrogen-bond donors (Lipinski definition) is 1. The molecule has 2 aromatic rings. The van der Waals surface area contributed by atoms with E-state index in [0.717, 1.165) is 25.0 Å². The van der Waals surface area contributed by atoms with E-state index < -0.39 is 0 Å². The molecule has 2 rings (SSSR count). The zero-order chi connectivity index (χ0) is 14.4. The smallest absolute Gasteiger partial charge is 0.0769 e. The largest absolute Gasteiger partial charge is 0.377 e. The molecule has 0 radical (unpaired) electrons. The highest BCUT2D eigenvalue weighted by Gasteiger charge is 2.23. The minimum Gasteiger partial charge on any atom is -0.377 e. The van der Waals surface area contributed by atoms with Gasteiger partial charge in [0.15, 0.2) is 0 Å². The van der Waals surface area contributed by atoms with Crippen LogP contribution in [0.5, 0.6) is 0 Å². The van der Waals surface area contributed by atoms with Crippen LogP contribution in [-0.4, -0.2) is 24.7 Å². The molecule has 0 aliphatic carbocycles. The van der Waals surface area contributed by atoms with E-state index in [1.165, 1.54) is 10.9 Å². The molecular formula is C17H24N2O. The standard InChI is InChI=1S/C17H24N2O/c1-4-8-16(20-5-2)17(18-3)14-9-6-11-15-13(14)10-7-12-19-15/h6-7,9-12,16-18H,4-5,8H2,1-3H3. The van der Waals surface area contributed by atoms with Crippen molar-refractivity contribution in [3.63, 3.8) is 0 Å². The summed E-state index contributed by atoms with van der Waals surface area (Å²) in [7, 11) is 2.00. The van der Waals surface area contributed by atoms with Crippen molar-refractivity contribution in [3.05, 3.63) is 42.1 Å². The highest BCUT2D eigenvalue weighted by Crippen LogP contribution is 2.28. The molecule has 0 aliphatic rings. The number of benzene rings is 1. The highest BCUT2D eigenvalue weighted by atomic mass is 16.5. The zero-order valence-corrected chi connectivity index (χ0v) is 12.6. The maximum atomic E-state index is 5.96. The summed E-state index contributed by atoms with van der Waals surface area (Å²) < 4.78 is 5.96. The van der Waals surface area contributed by atoms with Gasteiger partial charge in [0.25, 0.3) is 0 Å². The second kappa shape index (κ2) is 7.36. The summed E-state index contributed by atoms with van der Waals surface area (Å²) in [6.45, 7) is 5.00. The fourth-order valence-electron chi connectivity index (χ4n) is 2.78. The topological polar surface area (TPSA) is 34.1 Å². The molecule has 1 aromatic heterocycles. The van der Waals surface area contributed by atoms with Gasteiger partial charge in [-0.25, -0.2) is 0 Å². The molecule has 0 bridgehead atoms. The van der Waals surface area contributed by atoms with Gasteiger partial charge in [-0.3, -0.25) is 4.98 Å². The number of nitrogens with one attached hydrogen (secondary N) is 1. The predicted molar refractivity (Wildman–Crippen MR) is 83.9 cm³/mol. The molecule has 0 fully saturated rings. The number of hydrogen-bond acceptors (Lipinski definition) is 3. The Morgan fingerprint density at radius 1 is 1.20 bits per heavy atom. The van der Waals surface area contributed by atoms with Gasteiger partial charge < -0.3 is 10.1 Å². The third-order valence-electron chi connectivity index (χ3n) is 3.65. The molecule has 1 aromatic carbocycles. The van der Waals surface area contributed by atoms with Crippen molar-refractivity contribution in [3.8, 4) is 0 Å². The van der Waals surface area contributed by atoms with E-state index in [1.807, 2.05) is 19.3 Å². The number of aromatic nitrogens is 1. The lowest BCUT2D eigenvalue weighted by molar-refractivity contribution is 0.0299. The molecule has 2 atom stereocenters. The average Bonchev–Trinajstić information content (AvgIpc) is 2.49. The first-order valence-electron chi connectivity index (χ1n) is 7.44. The monoisotopic (exact) mass is 272 g/mol. The van der Waals surface area contributed by atoms with E-state index >= 15 is 0 Å². The predicted octanol–water partition coefficient (Wildman–Crippen LogP) is 3.70. The number of ether oxygens (including phenoxy) is 1. The van der Waals surface area contributed by atoms with Crippen LogP contribution in [0.15, 0.2) is 36.5 Å². The van der Waals surface area contributed by atoms with E-state index in [2.05, 4.69) is 48.4 Å². The summed E-state index contributed by atoms with van der Waals surface area (Å²) in [5, 5.41) is 4.63. The minimum absolute atomic E-state index is 0.195. The Hall–Kier alpha value is -1.45. The van der Waals surface area contributed by atoms with Gasteiger partial charge in [0.2, 0.25) is 0 Å². The van der Waals surface area contributed by atoms with Gasteiger partial charge in [-0.1, -0.05) is 31.5 Å². The molecule has 0 saturated carbocycles. The number of likely N-dealkylation sites (N-methyl/N-ethyl adjacent to an activating group) is 1. The van der Waals surface area contributed by atoms with E-state index in [1.54, 1.807) is 0 Å². The third kappa shape index (κ3) is 3.17. The Morgan fingerprint density at radius 3 is 2.75 bits per heavy atom. The van der Waals surface area contributed by atoms with Gasteiger partial charge in [0, 0.05) is 18.2 Å². The molecule has 1 N–H and O–H groups in total. The first kappa shape index (κ1) is 14.9. The lowest BCUT2D eigenvalue weighted by Gasteiger charge is -2.27. The lowest BCUT2D eigenvalue weighted by Crippen LogP contribution is -2.32. The molecule has 108 valence electrons. The quantitative estimate of drug-likeness (QED) is 0.834. The van der Waals surface area contributed by atoms with Gasteiger partial charge in [-0.2, -0.15) is 0 Å². The number of pyridine rings is 1. The molecule has 3 heteroatoms. The van der Waals surface area contributed by atoms with E-state index in [-0.39, 0.29) is 12.1 Å². The second-order valence-corrected chi connectivity index (χ2v) is 4.97. The second-order valence-electron chi connectivity index (χ2n) is 4.97. The van der Waals surface area contributed by atoms with Crippen molar-refractivity contribution < 1.29 is 4.74 Å². The Morgan fingerprint density at radius 2 is 2.05 bits per heavy atom. The van der Waals surface area contributed by atoms with Crippen LogP contribution in [0, 0.1) is 0 Å². The molecule has 0 saturated heterocycles. The van der Waals surface area contributed by atoms with E-state index in [4.69, 9.17) is 4.74 Å². The van der Waals surface area contributed by atoms with Crippen LogP contribution < -0.4 is 5.32 Å². The molecule has 0 aliphatic heterocycles. The summed E-state index contributed by atoms with van der Waals surface area (Å²) in [5.41, 5.74) is 2.31. The molecule has 3 nitrogen and oxygen atoms in total. The number of rotatable bonds is 7. The maximum Gasteiger partial charge on any atom is 0.0769 e. The maximum absolute atomic E-state index is 5.96. The summed E-state index contributed by atoms with van der Waals surface area (Å²) in [6, 6.07) is 10.6. The van der Waals surface area contributed by atoms with Crippen LogP contribution >= 0.6 is 0 Å². The van der Waals surface area contributed by atoms with Gasteiger partial charge in [-0.15, -0.1) is 0 Å². The van der Waals surface area contributed by atoms with Crippen molar-refractivity contribution in [2.75, 3.05) is 13.7 Å². The van der Waals surface area contributed by atoms with Gasteiger partial charge in [-0.05, 0) is 38.1 Å². The van der Waals surface area contributed by atoms with E-state index in [9.17, 15) is 0 Å². The van der Waals surface area contributed by atoms with Crippen LogP contribution in [0.1, 0.15) is 38.3 Å². The molecule has 1 heterocycles. The van der Waals surface area contributed by atoms with E-state index in [0.29, 0.717) is 0 Å². The first-order valence-corrected chi connectivity index (χ1v) is 7.44. The Bertz CT molecular complexity index is 530. The Balaban J connectivity index is 2.42. The third-order valence-corrected chi connectivity index (χ3v) is 3.65. The van der Waals surface area contributed by atoms with Crippen molar-refractivity contribution >= 4 is 10.9 Å². The SMILES string of the molecule is CCCC(OCC)C(NC)c1cccc2ncccc12. The van der Waals surface area contributed by atoms with Crippen LogP contribution in [0.2, 0.25) is 0 Å². The fraction of sp³-hybridized carbons (Fsp3) is 0.471. The summed E-state index contributed by atoms with van der Waals surface area (Å²) >= 11 is 0. The molecule has 0 amide bonds. The minimum atomic E-state index is 0.195. The van der Waals surface area contributed by atoms with Gasteiger partial charge >= 0.3 is 0 Å². The fourth-order valence-corrected chi connectivity index (χ4v) is 2.78. The van der Waals surface area contributed by atoms with Crippen molar-refractivity contribution in [1.82, 2.24) is 10.3 Å². The Kier molecular flexibility index (Phi) is 5.50. The van der Waals surface area contributed by atoms with Crippen LogP contribution in [-0.2, 0) is 4.74 Å². The molecular weight excluding hydrogens is 248 g/mol. The Labute approximate surface area is 121 Å². The van der Waals surface area contributed by atoms with Crippen molar-refractivity contribution in [2.24, 2.45) is 0 Å².